The van der Waals surface area contributed by atoms with Crippen molar-refractivity contribution < 1.29 is 14.6 Å². The highest BCUT2D eigenvalue weighted by Gasteiger charge is 2.56. The number of hydrogen-bond donors (Lipinski definition) is 2. The fraction of sp³-hybridized carbons (Fsp3) is 0.550. The van der Waals surface area contributed by atoms with Crippen LogP contribution in [-0.4, -0.2) is 58.9 Å². The van der Waals surface area contributed by atoms with Gasteiger partial charge in [0.25, 0.3) is 0 Å². The number of carbonyl (C=O) groups is 1. The standard InChI is InChI=1S/C20H27N3O3/c21-8-12-26-18-13-17(24)20(18)6-10-22(11-7-20)19(25)14-23-9-5-15-3-1-2-4-16(15)23/h1-5,9,17-18,24H,6-8,10-14,21H2/t17-,18+/m1/s1. The van der Waals surface area contributed by atoms with Crippen molar-refractivity contribution in [1.29, 1.82) is 0 Å². The summed E-state index contributed by atoms with van der Waals surface area (Å²) < 4.78 is 7.83. The first-order valence-corrected chi connectivity index (χ1v) is 9.45. The molecule has 26 heavy (non-hydrogen) atoms. The highest BCUT2D eigenvalue weighted by atomic mass is 16.5. The van der Waals surface area contributed by atoms with Gasteiger partial charge < -0.3 is 25.0 Å². The van der Waals surface area contributed by atoms with Crippen molar-refractivity contribution in [3.05, 3.63) is 36.5 Å². The lowest BCUT2D eigenvalue weighted by Crippen LogP contribution is -2.63. The predicted octanol–water partition coefficient (Wildman–Crippen LogP) is 1.36. The third-order valence-electron chi connectivity index (χ3n) is 6.21. The number of benzene rings is 1. The molecule has 1 saturated carbocycles. The van der Waals surface area contributed by atoms with Crippen molar-refractivity contribution in [2.45, 2.75) is 38.0 Å². The van der Waals surface area contributed by atoms with E-state index in [9.17, 15) is 9.90 Å². The van der Waals surface area contributed by atoms with Crippen LogP contribution in [0.3, 0.4) is 0 Å². The first-order valence-electron chi connectivity index (χ1n) is 9.45. The molecule has 0 bridgehead atoms. The maximum Gasteiger partial charge on any atom is 0.242 e. The molecule has 2 fully saturated rings. The summed E-state index contributed by atoms with van der Waals surface area (Å²) in [6.07, 6.45) is 4.00. The number of carbonyl (C=O) groups excluding carboxylic acids is 1. The molecule has 4 rings (SSSR count). The quantitative estimate of drug-likeness (QED) is 0.847. The number of para-hydroxylation sites is 1. The van der Waals surface area contributed by atoms with E-state index in [1.54, 1.807) is 0 Å². The van der Waals surface area contributed by atoms with Crippen LogP contribution in [0.2, 0.25) is 0 Å². The van der Waals surface area contributed by atoms with Crippen molar-refractivity contribution in [3.8, 4) is 0 Å². The van der Waals surface area contributed by atoms with Crippen LogP contribution in [0, 0.1) is 5.41 Å². The number of likely N-dealkylation sites (tertiary alicyclic amines) is 1. The highest BCUT2D eigenvalue weighted by molar-refractivity contribution is 5.83. The van der Waals surface area contributed by atoms with Gasteiger partial charge in [-0.1, -0.05) is 18.2 Å². The summed E-state index contributed by atoms with van der Waals surface area (Å²) >= 11 is 0. The number of rotatable bonds is 5. The Kier molecular flexibility index (Phi) is 4.73. The van der Waals surface area contributed by atoms with Crippen molar-refractivity contribution in [2.24, 2.45) is 11.1 Å². The van der Waals surface area contributed by atoms with Gasteiger partial charge in [0.1, 0.15) is 6.54 Å². The molecule has 6 nitrogen and oxygen atoms in total. The molecule has 1 aliphatic carbocycles. The first kappa shape index (κ1) is 17.5. The second-order valence-corrected chi connectivity index (χ2v) is 7.52. The van der Waals surface area contributed by atoms with Crippen LogP contribution in [-0.2, 0) is 16.1 Å². The first-order chi connectivity index (χ1) is 12.6. The van der Waals surface area contributed by atoms with Gasteiger partial charge in [-0.25, -0.2) is 0 Å². The molecule has 1 saturated heterocycles. The fourth-order valence-electron chi connectivity index (χ4n) is 4.52. The molecule has 2 aliphatic rings. The minimum atomic E-state index is -0.323. The Balaban J connectivity index is 1.38. The molecule has 3 N–H and O–H groups in total. The van der Waals surface area contributed by atoms with E-state index >= 15 is 0 Å². The van der Waals surface area contributed by atoms with Crippen LogP contribution >= 0.6 is 0 Å². The number of nitrogens with zero attached hydrogens (tertiary/aromatic N) is 2. The van der Waals surface area contributed by atoms with Gasteiger partial charge in [0, 0.05) is 43.2 Å². The SMILES string of the molecule is NCCO[C@H]1C[C@@H](O)C12CCN(C(=O)Cn1ccc3ccccc31)CC2. The Morgan fingerprint density at radius 1 is 1.27 bits per heavy atom. The summed E-state index contributed by atoms with van der Waals surface area (Å²) in [5, 5.41) is 11.5. The molecule has 6 heteroatoms. The van der Waals surface area contributed by atoms with Gasteiger partial charge in [-0.3, -0.25) is 4.79 Å². The Morgan fingerprint density at radius 3 is 2.77 bits per heavy atom. The largest absolute Gasteiger partial charge is 0.392 e. The minimum absolute atomic E-state index is 0.0756. The molecular weight excluding hydrogens is 330 g/mol. The molecule has 1 spiro atoms. The van der Waals surface area contributed by atoms with E-state index < -0.39 is 0 Å². The second-order valence-electron chi connectivity index (χ2n) is 7.52. The summed E-state index contributed by atoms with van der Waals surface area (Å²) in [6, 6.07) is 10.1. The van der Waals surface area contributed by atoms with E-state index in [0.29, 0.717) is 39.2 Å². The molecule has 0 radical (unpaired) electrons. The van der Waals surface area contributed by atoms with E-state index in [-0.39, 0.29) is 23.5 Å². The maximum atomic E-state index is 12.8. The minimum Gasteiger partial charge on any atom is -0.392 e. The number of hydrogen-bond acceptors (Lipinski definition) is 4. The Bertz CT molecular complexity index is 779. The van der Waals surface area contributed by atoms with E-state index in [1.807, 2.05) is 39.9 Å². The normalized spacial score (nSPS) is 24.8. The van der Waals surface area contributed by atoms with Gasteiger partial charge in [-0.2, -0.15) is 0 Å². The zero-order chi connectivity index (χ0) is 18.1. The average molecular weight is 357 g/mol. The Labute approximate surface area is 153 Å². The van der Waals surface area contributed by atoms with Crippen LogP contribution < -0.4 is 5.73 Å². The summed E-state index contributed by atoms with van der Waals surface area (Å²) in [5.74, 6) is 0.134. The number of aromatic nitrogens is 1. The van der Waals surface area contributed by atoms with Crippen LogP contribution in [0.25, 0.3) is 10.9 Å². The summed E-state index contributed by atoms with van der Waals surface area (Å²) in [5.41, 5.74) is 6.43. The van der Waals surface area contributed by atoms with Crippen molar-refractivity contribution >= 4 is 16.8 Å². The number of aliphatic hydroxyl groups excluding tert-OH is 1. The van der Waals surface area contributed by atoms with Crippen LogP contribution in [0.4, 0.5) is 0 Å². The van der Waals surface area contributed by atoms with Gasteiger partial charge in [0.2, 0.25) is 5.91 Å². The molecule has 1 aliphatic heterocycles. The fourth-order valence-corrected chi connectivity index (χ4v) is 4.52. The molecular formula is C20H27N3O3. The third kappa shape index (κ3) is 2.92. The maximum absolute atomic E-state index is 12.8. The molecule has 1 aromatic heterocycles. The molecule has 2 aromatic rings. The zero-order valence-electron chi connectivity index (χ0n) is 15.0. The van der Waals surface area contributed by atoms with Gasteiger partial charge in [0.15, 0.2) is 0 Å². The molecule has 2 atom stereocenters. The number of piperidine rings is 1. The van der Waals surface area contributed by atoms with Crippen molar-refractivity contribution in [2.75, 3.05) is 26.2 Å². The van der Waals surface area contributed by atoms with Crippen molar-refractivity contribution in [1.82, 2.24) is 9.47 Å². The monoisotopic (exact) mass is 357 g/mol. The number of ether oxygens (including phenoxy) is 1. The lowest BCUT2D eigenvalue weighted by molar-refractivity contribution is -0.210. The lowest BCUT2D eigenvalue weighted by Gasteiger charge is -2.56. The van der Waals surface area contributed by atoms with Crippen LogP contribution in [0.5, 0.6) is 0 Å². The topological polar surface area (TPSA) is 80.7 Å². The number of amides is 1. The Morgan fingerprint density at radius 2 is 2.04 bits per heavy atom. The second kappa shape index (κ2) is 7.02. The van der Waals surface area contributed by atoms with E-state index in [1.165, 1.54) is 0 Å². The van der Waals surface area contributed by atoms with Gasteiger partial charge in [0.05, 0.1) is 18.8 Å². The van der Waals surface area contributed by atoms with E-state index in [0.717, 1.165) is 23.7 Å². The van der Waals surface area contributed by atoms with Gasteiger partial charge in [-0.15, -0.1) is 0 Å². The lowest BCUT2D eigenvalue weighted by atomic mass is 9.58. The number of fused-ring (bicyclic) bond motifs is 1. The Hall–Kier alpha value is -1.89. The predicted molar refractivity (Wildman–Crippen MR) is 99.6 cm³/mol. The third-order valence-corrected chi connectivity index (χ3v) is 6.21. The summed E-state index contributed by atoms with van der Waals surface area (Å²) in [7, 11) is 0. The van der Waals surface area contributed by atoms with Crippen molar-refractivity contribution in [3.63, 3.8) is 0 Å². The molecule has 1 aromatic carbocycles. The summed E-state index contributed by atoms with van der Waals surface area (Å²) in [6.45, 7) is 2.74. The zero-order valence-corrected chi connectivity index (χ0v) is 15.0. The highest BCUT2D eigenvalue weighted by Crippen LogP contribution is 2.50. The van der Waals surface area contributed by atoms with Gasteiger partial charge >= 0.3 is 0 Å². The van der Waals surface area contributed by atoms with Crippen LogP contribution in [0.15, 0.2) is 36.5 Å². The molecule has 2 heterocycles. The van der Waals surface area contributed by atoms with Gasteiger partial charge in [-0.05, 0) is 30.4 Å². The van der Waals surface area contributed by atoms with Crippen LogP contribution in [0.1, 0.15) is 19.3 Å². The number of aliphatic hydroxyl groups is 1. The molecule has 0 unspecified atom stereocenters. The summed E-state index contributed by atoms with van der Waals surface area (Å²) in [4.78, 5) is 14.7. The van der Waals surface area contributed by atoms with E-state index in [4.69, 9.17) is 10.5 Å². The average Bonchev–Trinajstić information content (AvgIpc) is 3.08. The molecule has 140 valence electrons. The number of nitrogens with two attached hydrogens (primary N) is 1. The molecule has 1 amide bonds. The van der Waals surface area contributed by atoms with E-state index in [2.05, 4.69) is 6.07 Å². The smallest absolute Gasteiger partial charge is 0.242 e.